The molecule has 2 heterocycles. The number of nitrogens with one attached hydrogen (secondary N) is 1. The normalized spacial score (nSPS) is 25.1. The highest BCUT2D eigenvalue weighted by Gasteiger charge is 2.70. The van der Waals surface area contributed by atoms with Gasteiger partial charge in [0.05, 0.1) is 48.8 Å². The molecule has 5 aromatic rings. The van der Waals surface area contributed by atoms with Crippen LogP contribution < -0.4 is 24.6 Å². The summed E-state index contributed by atoms with van der Waals surface area (Å²) in [7, 11) is 2.85. The van der Waals surface area contributed by atoms with E-state index in [1.165, 1.54) is 24.0 Å². The molecule has 2 N–H and O–H groups in total. The molecule has 6 unspecified atom stereocenters. The number of benzene rings is 5. The zero-order valence-electron chi connectivity index (χ0n) is 31.1. The van der Waals surface area contributed by atoms with Crippen LogP contribution in [0.15, 0.2) is 133 Å². The molecule has 2 aliphatic carbocycles. The van der Waals surface area contributed by atoms with E-state index in [1.54, 1.807) is 48.5 Å². The van der Waals surface area contributed by atoms with Gasteiger partial charge in [-0.25, -0.2) is 4.90 Å². The van der Waals surface area contributed by atoms with Gasteiger partial charge in [0, 0.05) is 22.3 Å². The third-order valence-electron chi connectivity index (χ3n) is 12.2. The number of methoxy groups -OCH3 is 2. The van der Waals surface area contributed by atoms with E-state index in [0.29, 0.717) is 27.5 Å². The Morgan fingerprint density at radius 1 is 0.702 bits per heavy atom. The molecule has 3 fully saturated rings. The molecule has 2 saturated heterocycles. The molecule has 9 rings (SSSR count). The number of para-hydroxylation sites is 1. The lowest BCUT2D eigenvalue weighted by Gasteiger charge is -2.50. The van der Waals surface area contributed by atoms with Crippen molar-refractivity contribution >= 4 is 58.0 Å². The van der Waals surface area contributed by atoms with Gasteiger partial charge in [-0.1, -0.05) is 77.8 Å². The maximum atomic E-state index is 15.5. The minimum Gasteiger partial charge on any atom is -0.502 e. The second-order valence-electron chi connectivity index (χ2n) is 14.9. The van der Waals surface area contributed by atoms with Crippen LogP contribution >= 0.6 is 11.6 Å². The first kappa shape index (κ1) is 36.3. The highest BCUT2D eigenvalue weighted by atomic mass is 35.5. The van der Waals surface area contributed by atoms with Crippen LogP contribution in [0.2, 0.25) is 5.02 Å². The zero-order chi connectivity index (χ0) is 39.6. The summed E-state index contributed by atoms with van der Waals surface area (Å²) in [5, 5.41) is 14.7. The van der Waals surface area contributed by atoms with Crippen molar-refractivity contribution in [2.45, 2.75) is 24.2 Å². The SMILES string of the molecule is COc1cc(C2C3=CCC4C(=O)N(c5ccc(Nc6ccccc6)cc5)C(=O)C4C3CC3C(=O)N(c4cccc(Cl)c4)C(=O)C32c2ccccc2)cc(OC)c1O. The standard InChI is InChI=1S/C46H38ClN3O7/c1-56-37-22-26(23-38(57-2)41(37)51)40-33-20-21-34-39(44(54)49(42(34)52)31-18-16-30(17-19-31)48-29-13-7-4-8-14-29)35(33)25-36-43(53)50(32-15-9-12-28(47)24-32)45(55)46(36,40)27-10-5-3-6-11-27/h3-20,22-24,34-36,39-40,48,51H,21,25H2,1-2H3. The van der Waals surface area contributed by atoms with Crippen LogP contribution in [0.1, 0.15) is 29.9 Å². The number of phenolic OH excluding ortho intramolecular Hbond substituents is 1. The maximum absolute atomic E-state index is 15.5. The smallest absolute Gasteiger partial charge is 0.246 e. The van der Waals surface area contributed by atoms with E-state index in [-0.39, 0.29) is 41.9 Å². The minimum atomic E-state index is -1.50. The number of allylic oxidation sites excluding steroid dienone is 2. The third kappa shape index (κ3) is 5.53. The van der Waals surface area contributed by atoms with Gasteiger partial charge in [-0.3, -0.25) is 24.1 Å². The van der Waals surface area contributed by atoms with Crippen molar-refractivity contribution in [3.05, 3.63) is 149 Å². The Hall–Kier alpha value is -6.39. The molecule has 11 heteroatoms. The minimum absolute atomic E-state index is 0.118. The highest BCUT2D eigenvalue weighted by molar-refractivity contribution is 6.32. The van der Waals surface area contributed by atoms with Gasteiger partial charge < -0.3 is 19.9 Å². The van der Waals surface area contributed by atoms with Gasteiger partial charge in [0.1, 0.15) is 0 Å². The lowest BCUT2D eigenvalue weighted by atomic mass is 9.49. The Labute approximate surface area is 334 Å². The van der Waals surface area contributed by atoms with Crippen molar-refractivity contribution in [3.63, 3.8) is 0 Å². The fraction of sp³-hybridized carbons (Fsp3) is 0.217. The molecule has 6 atom stereocenters. The Kier molecular flexibility index (Phi) is 8.89. The summed E-state index contributed by atoms with van der Waals surface area (Å²) < 4.78 is 11.3. The lowest BCUT2D eigenvalue weighted by molar-refractivity contribution is -0.127. The quantitative estimate of drug-likeness (QED) is 0.119. The number of hydrogen-bond acceptors (Lipinski definition) is 8. The van der Waals surface area contributed by atoms with Crippen LogP contribution in [0.4, 0.5) is 22.7 Å². The number of carbonyl (C=O) groups is 4. The predicted molar refractivity (Wildman–Crippen MR) is 216 cm³/mol. The zero-order valence-corrected chi connectivity index (χ0v) is 31.9. The van der Waals surface area contributed by atoms with Gasteiger partial charge in [0.15, 0.2) is 11.5 Å². The summed E-state index contributed by atoms with van der Waals surface area (Å²) >= 11 is 6.44. The average molecular weight is 780 g/mol. The van der Waals surface area contributed by atoms with Crippen molar-refractivity contribution < 1.29 is 33.8 Å². The Bertz CT molecular complexity index is 2450. The van der Waals surface area contributed by atoms with E-state index in [1.807, 2.05) is 78.9 Å². The third-order valence-corrected chi connectivity index (χ3v) is 12.4. The molecule has 5 aromatic carbocycles. The number of anilines is 4. The predicted octanol–water partition coefficient (Wildman–Crippen LogP) is 8.17. The van der Waals surface area contributed by atoms with E-state index < -0.39 is 46.8 Å². The van der Waals surface area contributed by atoms with Crippen molar-refractivity contribution in [3.8, 4) is 17.2 Å². The molecule has 1 saturated carbocycles. The van der Waals surface area contributed by atoms with E-state index in [0.717, 1.165) is 16.9 Å². The molecule has 0 spiro atoms. The van der Waals surface area contributed by atoms with E-state index >= 15 is 9.59 Å². The summed E-state index contributed by atoms with van der Waals surface area (Å²) in [6.07, 6.45) is 2.38. The monoisotopic (exact) mass is 779 g/mol. The highest BCUT2D eigenvalue weighted by Crippen LogP contribution is 2.65. The van der Waals surface area contributed by atoms with Crippen LogP contribution in [0.3, 0.4) is 0 Å². The van der Waals surface area contributed by atoms with Crippen LogP contribution in [0.25, 0.3) is 0 Å². The van der Waals surface area contributed by atoms with Gasteiger partial charge in [-0.05, 0) is 96.6 Å². The van der Waals surface area contributed by atoms with Gasteiger partial charge in [-0.15, -0.1) is 0 Å². The van der Waals surface area contributed by atoms with Crippen LogP contribution in [0.5, 0.6) is 17.2 Å². The average Bonchev–Trinajstić information content (AvgIpc) is 3.62. The van der Waals surface area contributed by atoms with Crippen molar-refractivity contribution in [2.75, 3.05) is 29.3 Å². The summed E-state index contributed by atoms with van der Waals surface area (Å²) in [5.74, 6) is -5.34. The number of halogens is 1. The molecule has 4 aliphatic rings. The van der Waals surface area contributed by atoms with Crippen LogP contribution in [-0.2, 0) is 24.6 Å². The molecule has 2 aliphatic heterocycles. The first-order valence-electron chi connectivity index (χ1n) is 18.8. The second-order valence-corrected chi connectivity index (χ2v) is 15.4. The van der Waals surface area contributed by atoms with E-state index in [9.17, 15) is 14.7 Å². The number of amides is 4. The van der Waals surface area contributed by atoms with Gasteiger partial charge >= 0.3 is 0 Å². The van der Waals surface area contributed by atoms with Crippen molar-refractivity contribution in [2.24, 2.45) is 23.7 Å². The molecule has 0 bridgehead atoms. The Balaban J connectivity index is 1.19. The summed E-state index contributed by atoms with van der Waals surface area (Å²) in [6.45, 7) is 0. The van der Waals surface area contributed by atoms with Gasteiger partial charge in [0.25, 0.3) is 0 Å². The first-order chi connectivity index (χ1) is 27.7. The van der Waals surface area contributed by atoms with Crippen LogP contribution in [-0.4, -0.2) is 43.0 Å². The molecule has 286 valence electrons. The number of ether oxygens (including phenoxy) is 2. The number of fused-ring (bicyclic) bond motifs is 4. The number of carbonyl (C=O) groups excluding carboxylic acids is 4. The molecule has 4 amide bonds. The first-order valence-corrected chi connectivity index (χ1v) is 19.2. The number of phenols is 1. The fourth-order valence-electron chi connectivity index (χ4n) is 9.84. The van der Waals surface area contributed by atoms with E-state index in [2.05, 4.69) is 5.32 Å². The van der Waals surface area contributed by atoms with Crippen molar-refractivity contribution in [1.29, 1.82) is 0 Å². The largest absolute Gasteiger partial charge is 0.502 e. The van der Waals surface area contributed by atoms with Crippen molar-refractivity contribution in [1.82, 2.24) is 0 Å². The Morgan fingerprint density at radius 2 is 1.35 bits per heavy atom. The number of imide groups is 2. The summed E-state index contributed by atoms with van der Waals surface area (Å²) in [6, 6.07) is 36.1. The maximum Gasteiger partial charge on any atom is 0.246 e. The molecule has 0 radical (unpaired) electrons. The molecular formula is C46H38ClN3O7. The molecule has 10 nitrogen and oxygen atoms in total. The lowest BCUT2D eigenvalue weighted by Crippen LogP contribution is -2.53. The van der Waals surface area contributed by atoms with Gasteiger partial charge in [0.2, 0.25) is 29.4 Å². The Morgan fingerprint density at radius 3 is 2.00 bits per heavy atom. The van der Waals surface area contributed by atoms with E-state index in [4.69, 9.17) is 21.1 Å². The topological polar surface area (TPSA) is 125 Å². The fourth-order valence-corrected chi connectivity index (χ4v) is 10.0. The van der Waals surface area contributed by atoms with Crippen LogP contribution in [0, 0.1) is 23.7 Å². The second kappa shape index (κ2) is 14.0. The molecular weight excluding hydrogens is 742 g/mol. The molecule has 0 aromatic heterocycles. The number of aromatic hydroxyl groups is 1. The molecule has 57 heavy (non-hydrogen) atoms. The van der Waals surface area contributed by atoms with Gasteiger partial charge in [-0.2, -0.15) is 0 Å². The number of rotatable bonds is 8. The number of hydrogen-bond donors (Lipinski definition) is 2. The summed E-state index contributed by atoms with van der Waals surface area (Å²) in [5.41, 5.74) is 2.92. The summed E-state index contributed by atoms with van der Waals surface area (Å²) in [4.78, 5) is 62.2. The number of nitrogens with zero attached hydrogens (tertiary/aromatic N) is 2.